The lowest BCUT2D eigenvalue weighted by Crippen LogP contribution is -2.39. The maximum atomic E-state index is 9.90. The number of hydrogen-bond donors (Lipinski definition) is 2. The molecular weight excluding hydrogens is 245 g/mol. The van der Waals surface area contributed by atoms with Crippen molar-refractivity contribution in [2.24, 2.45) is 0 Å². The van der Waals surface area contributed by atoms with Crippen molar-refractivity contribution in [3.63, 3.8) is 0 Å². The summed E-state index contributed by atoms with van der Waals surface area (Å²) in [6, 6.07) is 3.32. The Morgan fingerprint density at radius 1 is 1.06 bits per heavy atom. The zero-order valence-electron chi connectivity index (χ0n) is 11.9. The molecule has 1 saturated heterocycles. The van der Waals surface area contributed by atoms with Gasteiger partial charge >= 0.3 is 0 Å². The van der Waals surface area contributed by atoms with Gasteiger partial charge in [0.25, 0.3) is 0 Å². The smallest absolute Gasteiger partial charge is 0.194 e. The van der Waals surface area contributed by atoms with Crippen molar-refractivity contribution in [3.05, 3.63) is 12.1 Å². The SMILES string of the molecule is CP1C(C)(C)CC(n2c(O)ccc2O)CC1(C)C. The Hall–Kier alpha value is -0.690. The molecule has 2 rings (SSSR count). The van der Waals surface area contributed by atoms with E-state index < -0.39 is 0 Å². The Balaban J connectivity index is 2.37. The van der Waals surface area contributed by atoms with Crippen molar-refractivity contribution in [1.29, 1.82) is 0 Å². The summed E-state index contributed by atoms with van der Waals surface area (Å²) in [5.74, 6) is 0.345. The molecule has 3 nitrogen and oxygen atoms in total. The van der Waals surface area contributed by atoms with Gasteiger partial charge in [-0.3, -0.25) is 4.57 Å². The van der Waals surface area contributed by atoms with Gasteiger partial charge in [0.1, 0.15) is 0 Å². The first-order valence-corrected chi connectivity index (χ1v) is 8.27. The summed E-state index contributed by atoms with van der Waals surface area (Å²) in [7, 11) is -0.0766. The lowest BCUT2D eigenvalue weighted by Gasteiger charge is -2.51. The van der Waals surface area contributed by atoms with Crippen LogP contribution in [-0.2, 0) is 0 Å². The van der Waals surface area contributed by atoms with Gasteiger partial charge in [-0.15, -0.1) is 0 Å². The monoisotopic (exact) mass is 269 g/mol. The molecule has 0 spiro atoms. The van der Waals surface area contributed by atoms with Crippen LogP contribution >= 0.6 is 7.92 Å². The standard InChI is InChI=1S/C14H24NO2P/c1-13(2)8-10(9-14(3,4)18(13)5)15-11(16)6-7-12(15)17/h6-7,10,16-17H,8-9H2,1-5H3. The highest BCUT2D eigenvalue weighted by atomic mass is 31.1. The number of hydrogen-bond acceptors (Lipinski definition) is 2. The predicted octanol–water partition coefficient (Wildman–Crippen LogP) is 3.90. The fourth-order valence-electron chi connectivity index (χ4n) is 3.30. The van der Waals surface area contributed by atoms with Crippen molar-refractivity contribution < 1.29 is 10.2 Å². The quantitative estimate of drug-likeness (QED) is 0.759. The van der Waals surface area contributed by atoms with E-state index in [-0.39, 0.29) is 36.0 Å². The van der Waals surface area contributed by atoms with Gasteiger partial charge in [-0.1, -0.05) is 35.6 Å². The largest absolute Gasteiger partial charge is 0.494 e. The predicted molar refractivity (Wildman–Crippen MR) is 77.0 cm³/mol. The van der Waals surface area contributed by atoms with Crippen LogP contribution in [0.2, 0.25) is 0 Å². The molecular formula is C14H24NO2P. The van der Waals surface area contributed by atoms with E-state index in [2.05, 4.69) is 34.4 Å². The third-order valence-corrected chi connectivity index (χ3v) is 8.52. The molecule has 1 fully saturated rings. The van der Waals surface area contributed by atoms with Crippen molar-refractivity contribution >= 4 is 7.92 Å². The van der Waals surface area contributed by atoms with Crippen molar-refractivity contribution in [2.75, 3.05) is 6.66 Å². The fourth-order valence-corrected chi connectivity index (χ4v) is 5.91. The molecule has 1 aromatic heterocycles. The van der Waals surface area contributed by atoms with Crippen LogP contribution < -0.4 is 0 Å². The summed E-state index contributed by atoms with van der Waals surface area (Å²) in [5, 5.41) is 20.3. The Kier molecular flexibility index (Phi) is 3.18. The molecule has 1 aliphatic rings. The lowest BCUT2D eigenvalue weighted by atomic mass is 9.92. The summed E-state index contributed by atoms with van der Waals surface area (Å²) in [4.78, 5) is 0. The molecule has 0 radical (unpaired) electrons. The van der Waals surface area contributed by atoms with Crippen molar-refractivity contribution in [1.82, 2.24) is 4.57 Å². The summed E-state index contributed by atoms with van der Waals surface area (Å²) < 4.78 is 1.69. The van der Waals surface area contributed by atoms with Gasteiger partial charge in [0.2, 0.25) is 0 Å². The van der Waals surface area contributed by atoms with E-state index in [0.717, 1.165) is 12.8 Å². The third-order valence-electron chi connectivity index (χ3n) is 4.53. The van der Waals surface area contributed by atoms with Crippen LogP contribution in [-0.4, -0.2) is 31.8 Å². The molecule has 1 aromatic rings. The molecule has 0 amide bonds. The number of aromatic hydroxyl groups is 2. The Morgan fingerprint density at radius 3 is 1.83 bits per heavy atom. The molecule has 0 aliphatic carbocycles. The second-order valence-electron chi connectivity index (χ2n) is 6.67. The summed E-state index contributed by atoms with van der Waals surface area (Å²) in [6.07, 6.45) is 2.02. The minimum atomic E-state index is -0.0766. The van der Waals surface area contributed by atoms with Crippen molar-refractivity contribution in [2.45, 2.75) is 56.9 Å². The highest BCUT2D eigenvalue weighted by Crippen LogP contribution is 2.66. The Morgan fingerprint density at radius 2 is 1.44 bits per heavy atom. The molecule has 0 saturated carbocycles. The Bertz CT molecular complexity index is 413. The van der Waals surface area contributed by atoms with Crippen molar-refractivity contribution in [3.8, 4) is 11.8 Å². The van der Waals surface area contributed by atoms with Crippen LogP contribution in [0.3, 0.4) is 0 Å². The third kappa shape index (κ3) is 2.14. The van der Waals surface area contributed by atoms with E-state index in [1.165, 1.54) is 0 Å². The van der Waals surface area contributed by atoms with E-state index in [4.69, 9.17) is 0 Å². The molecule has 2 N–H and O–H groups in total. The Labute approximate surface area is 111 Å². The minimum Gasteiger partial charge on any atom is -0.494 e. The van der Waals surface area contributed by atoms with E-state index in [0.29, 0.717) is 0 Å². The fraction of sp³-hybridized carbons (Fsp3) is 0.714. The van der Waals surface area contributed by atoms with E-state index >= 15 is 0 Å². The zero-order valence-corrected chi connectivity index (χ0v) is 12.8. The van der Waals surface area contributed by atoms with Crippen LogP contribution in [0.25, 0.3) is 0 Å². The normalized spacial score (nSPS) is 30.3. The van der Waals surface area contributed by atoms with Crippen LogP contribution in [0.5, 0.6) is 11.8 Å². The van der Waals surface area contributed by atoms with Crippen LogP contribution in [0.1, 0.15) is 46.6 Å². The van der Waals surface area contributed by atoms with E-state index in [1.54, 1.807) is 16.7 Å². The molecule has 0 atom stereocenters. The van der Waals surface area contributed by atoms with Gasteiger partial charge in [0, 0.05) is 18.2 Å². The molecule has 2 heterocycles. The number of rotatable bonds is 1. The first-order valence-electron chi connectivity index (χ1n) is 6.48. The molecule has 1 aliphatic heterocycles. The van der Waals surface area contributed by atoms with Gasteiger partial charge < -0.3 is 10.2 Å². The minimum absolute atomic E-state index is 0.0766. The van der Waals surface area contributed by atoms with E-state index in [9.17, 15) is 10.2 Å². The molecule has 18 heavy (non-hydrogen) atoms. The summed E-state index contributed by atoms with van der Waals surface area (Å²) in [6.45, 7) is 11.6. The number of nitrogens with zero attached hydrogens (tertiary/aromatic N) is 1. The second kappa shape index (κ2) is 4.16. The topological polar surface area (TPSA) is 45.4 Å². The van der Waals surface area contributed by atoms with Gasteiger partial charge in [0.05, 0.1) is 0 Å². The first-order chi connectivity index (χ1) is 8.15. The molecule has 0 bridgehead atoms. The average Bonchev–Trinajstić information content (AvgIpc) is 2.54. The molecule has 0 aromatic carbocycles. The van der Waals surface area contributed by atoms with Crippen LogP contribution in [0.15, 0.2) is 12.1 Å². The first kappa shape index (κ1) is 13.7. The van der Waals surface area contributed by atoms with E-state index in [1.807, 2.05) is 0 Å². The van der Waals surface area contributed by atoms with Gasteiger partial charge in [-0.25, -0.2) is 0 Å². The van der Waals surface area contributed by atoms with Gasteiger partial charge in [0.15, 0.2) is 11.8 Å². The molecule has 4 heteroatoms. The van der Waals surface area contributed by atoms with Gasteiger partial charge in [-0.2, -0.15) is 0 Å². The second-order valence-corrected chi connectivity index (χ2v) is 10.2. The lowest BCUT2D eigenvalue weighted by molar-refractivity contribution is 0.273. The average molecular weight is 269 g/mol. The molecule has 102 valence electrons. The maximum absolute atomic E-state index is 9.90. The zero-order chi connectivity index (χ0) is 13.7. The highest BCUT2D eigenvalue weighted by Gasteiger charge is 2.45. The summed E-state index contributed by atoms with van der Waals surface area (Å²) >= 11 is 0. The number of aromatic nitrogens is 1. The molecule has 0 unspecified atom stereocenters. The highest BCUT2D eigenvalue weighted by molar-refractivity contribution is 7.60. The maximum Gasteiger partial charge on any atom is 0.194 e. The van der Waals surface area contributed by atoms with Crippen LogP contribution in [0.4, 0.5) is 0 Å². The summed E-state index contributed by atoms with van der Waals surface area (Å²) in [5.41, 5.74) is 0. The van der Waals surface area contributed by atoms with Crippen LogP contribution in [0, 0.1) is 0 Å². The van der Waals surface area contributed by atoms with Gasteiger partial charge in [-0.05, 0) is 29.8 Å².